The van der Waals surface area contributed by atoms with E-state index in [9.17, 15) is 9.59 Å². The van der Waals surface area contributed by atoms with Crippen LogP contribution in [0.1, 0.15) is 40.1 Å². The Hall–Kier alpha value is -4.26. The van der Waals surface area contributed by atoms with Gasteiger partial charge in [0.25, 0.3) is 5.56 Å². The van der Waals surface area contributed by atoms with Crippen LogP contribution < -0.4 is 15.6 Å². The highest BCUT2D eigenvalue weighted by molar-refractivity contribution is 5.89. The van der Waals surface area contributed by atoms with Gasteiger partial charge in [-0.3, -0.25) is 9.48 Å². The lowest BCUT2D eigenvalue weighted by Crippen LogP contribution is -2.24. The summed E-state index contributed by atoms with van der Waals surface area (Å²) >= 11 is 0. The molecule has 0 saturated heterocycles. The molecule has 0 aliphatic heterocycles. The summed E-state index contributed by atoms with van der Waals surface area (Å²) in [5.74, 6) is 0.369. The zero-order chi connectivity index (χ0) is 24.9. The van der Waals surface area contributed by atoms with E-state index in [1.54, 1.807) is 30.8 Å². The second kappa shape index (κ2) is 10.3. The average Bonchev–Trinajstić information content (AvgIpc) is 3.11. The minimum atomic E-state index is -0.432. The molecule has 0 amide bonds. The Morgan fingerprint density at radius 2 is 1.63 bits per heavy atom. The normalized spacial score (nSPS) is 11.7. The van der Waals surface area contributed by atoms with Gasteiger partial charge in [-0.25, -0.2) is 9.48 Å². The van der Waals surface area contributed by atoms with Crippen LogP contribution in [0.15, 0.2) is 83.7 Å². The Kier molecular flexibility index (Phi) is 7.06. The van der Waals surface area contributed by atoms with E-state index >= 15 is 0 Å². The zero-order valence-corrected chi connectivity index (χ0v) is 20.3. The molecule has 0 spiro atoms. The first-order chi connectivity index (χ1) is 16.9. The van der Waals surface area contributed by atoms with Crippen molar-refractivity contribution in [2.24, 2.45) is 7.05 Å². The number of aromatic nitrogens is 2. The van der Waals surface area contributed by atoms with Crippen LogP contribution in [0.4, 0.5) is 5.69 Å². The Morgan fingerprint density at radius 1 is 0.971 bits per heavy atom. The van der Waals surface area contributed by atoms with E-state index in [0.29, 0.717) is 17.7 Å². The summed E-state index contributed by atoms with van der Waals surface area (Å²) in [7, 11) is 3.50. The van der Waals surface area contributed by atoms with Crippen molar-refractivity contribution in [1.29, 1.82) is 0 Å². The number of hydrogen-bond donors (Lipinski definition) is 1. The molecule has 0 bridgehead atoms. The van der Waals surface area contributed by atoms with E-state index in [0.717, 1.165) is 28.4 Å². The Balaban J connectivity index is 1.79. The van der Waals surface area contributed by atoms with Crippen molar-refractivity contribution < 1.29 is 14.3 Å². The van der Waals surface area contributed by atoms with Crippen molar-refractivity contribution in [2.75, 3.05) is 19.0 Å². The lowest BCUT2D eigenvalue weighted by Gasteiger charge is -2.20. The molecule has 1 aromatic heterocycles. The second-order valence-electron chi connectivity index (χ2n) is 8.12. The number of rotatable bonds is 8. The molecule has 0 aliphatic carbocycles. The van der Waals surface area contributed by atoms with Crippen molar-refractivity contribution >= 4 is 11.7 Å². The minimum Gasteiger partial charge on any atom is -0.497 e. The van der Waals surface area contributed by atoms with Crippen molar-refractivity contribution in [1.82, 2.24) is 9.36 Å². The van der Waals surface area contributed by atoms with Gasteiger partial charge in [0.15, 0.2) is 0 Å². The maximum Gasteiger partial charge on any atom is 0.338 e. The van der Waals surface area contributed by atoms with Gasteiger partial charge in [-0.1, -0.05) is 30.3 Å². The van der Waals surface area contributed by atoms with Gasteiger partial charge < -0.3 is 14.8 Å². The fourth-order valence-corrected chi connectivity index (χ4v) is 4.12. The number of ether oxygens (including phenoxy) is 2. The molecule has 3 aromatic carbocycles. The third kappa shape index (κ3) is 4.84. The Morgan fingerprint density at radius 3 is 2.23 bits per heavy atom. The fraction of sp³-hybridized carbons (Fsp3) is 0.214. The minimum absolute atomic E-state index is 0.104. The SMILES string of the molecule is CCOC(=O)c1ccc(N[C@@H](c2ccc(OC)cc2)c2c(C)n(C)n(-c3ccccc3)c2=O)cc1. The monoisotopic (exact) mass is 471 g/mol. The van der Waals surface area contributed by atoms with Gasteiger partial charge in [0.2, 0.25) is 0 Å². The van der Waals surface area contributed by atoms with Crippen LogP contribution in [-0.4, -0.2) is 29.0 Å². The smallest absolute Gasteiger partial charge is 0.338 e. The molecule has 1 N–H and O–H groups in total. The number of hydrogen-bond acceptors (Lipinski definition) is 5. The molecule has 0 fully saturated rings. The summed E-state index contributed by atoms with van der Waals surface area (Å²) in [6.45, 7) is 4.04. The van der Waals surface area contributed by atoms with Crippen LogP contribution >= 0.6 is 0 Å². The van der Waals surface area contributed by atoms with E-state index in [4.69, 9.17) is 9.47 Å². The van der Waals surface area contributed by atoms with Gasteiger partial charge >= 0.3 is 5.97 Å². The summed E-state index contributed by atoms with van der Waals surface area (Å²) in [5, 5.41) is 3.50. The summed E-state index contributed by atoms with van der Waals surface area (Å²) in [6.07, 6.45) is 0. The van der Waals surface area contributed by atoms with E-state index in [2.05, 4.69) is 5.32 Å². The molecule has 0 radical (unpaired) electrons. The molecule has 4 rings (SSSR count). The molecule has 0 saturated carbocycles. The van der Waals surface area contributed by atoms with Gasteiger partial charge in [-0.15, -0.1) is 0 Å². The Labute approximate surface area is 204 Å². The van der Waals surface area contributed by atoms with E-state index in [1.807, 2.05) is 85.4 Å². The summed E-state index contributed by atoms with van der Waals surface area (Å²) in [4.78, 5) is 25.8. The van der Waals surface area contributed by atoms with Crippen LogP contribution in [0.5, 0.6) is 5.75 Å². The number of nitrogens with one attached hydrogen (secondary N) is 1. The second-order valence-corrected chi connectivity index (χ2v) is 8.12. The van der Waals surface area contributed by atoms with Gasteiger partial charge in [0.05, 0.1) is 36.6 Å². The zero-order valence-electron chi connectivity index (χ0n) is 20.3. The predicted octanol–water partition coefficient (Wildman–Crippen LogP) is 4.87. The van der Waals surface area contributed by atoms with Crippen LogP contribution in [-0.2, 0) is 11.8 Å². The number of nitrogens with zero attached hydrogens (tertiary/aromatic N) is 2. The molecule has 7 nitrogen and oxygen atoms in total. The molecule has 1 heterocycles. The molecule has 0 aliphatic rings. The third-order valence-electron chi connectivity index (χ3n) is 6.04. The molecule has 35 heavy (non-hydrogen) atoms. The number of carbonyl (C=O) groups is 1. The Bertz CT molecular complexity index is 1350. The third-order valence-corrected chi connectivity index (χ3v) is 6.04. The number of anilines is 1. The summed E-state index contributed by atoms with van der Waals surface area (Å²) in [5.41, 5.74) is 4.32. The first-order valence-corrected chi connectivity index (χ1v) is 11.5. The van der Waals surface area contributed by atoms with Crippen molar-refractivity contribution in [2.45, 2.75) is 19.9 Å². The van der Waals surface area contributed by atoms with Crippen molar-refractivity contribution in [3.63, 3.8) is 0 Å². The van der Waals surface area contributed by atoms with Crippen LogP contribution in [0.3, 0.4) is 0 Å². The van der Waals surface area contributed by atoms with E-state index < -0.39 is 6.04 Å². The average molecular weight is 472 g/mol. The topological polar surface area (TPSA) is 74.5 Å². The standard InChI is InChI=1S/C28H29N3O4/c1-5-35-28(33)21-11-15-22(16-12-21)29-26(20-13-17-24(34-4)18-14-20)25-19(2)30(3)31(27(25)32)23-9-7-6-8-10-23/h6-18,26,29H,5H2,1-4H3/t26-/m0/s1. The molecular weight excluding hydrogens is 442 g/mol. The molecule has 7 heteroatoms. The molecular formula is C28H29N3O4. The highest BCUT2D eigenvalue weighted by atomic mass is 16.5. The van der Waals surface area contributed by atoms with Gasteiger partial charge in [0, 0.05) is 18.4 Å². The van der Waals surface area contributed by atoms with Crippen LogP contribution in [0, 0.1) is 6.92 Å². The molecule has 180 valence electrons. The maximum absolute atomic E-state index is 13.8. The largest absolute Gasteiger partial charge is 0.497 e. The molecule has 1 atom stereocenters. The lowest BCUT2D eigenvalue weighted by atomic mass is 9.98. The number of para-hydroxylation sites is 1. The maximum atomic E-state index is 13.8. The van der Waals surface area contributed by atoms with Crippen molar-refractivity contribution in [3.05, 3.63) is 112 Å². The summed E-state index contributed by atoms with van der Waals surface area (Å²) in [6, 6.07) is 23.8. The number of benzene rings is 3. The van der Waals surface area contributed by atoms with Gasteiger partial charge in [-0.2, -0.15) is 0 Å². The number of esters is 1. The fourth-order valence-electron chi connectivity index (χ4n) is 4.12. The first kappa shape index (κ1) is 23.9. The van der Waals surface area contributed by atoms with E-state index in [-0.39, 0.29) is 11.5 Å². The van der Waals surface area contributed by atoms with Gasteiger partial charge in [-0.05, 0) is 67.9 Å². The van der Waals surface area contributed by atoms with Crippen molar-refractivity contribution in [3.8, 4) is 11.4 Å². The van der Waals surface area contributed by atoms with E-state index in [1.165, 1.54) is 0 Å². The summed E-state index contributed by atoms with van der Waals surface area (Å²) < 4.78 is 13.9. The molecule has 0 unspecified atom stereocenters. The van der Waals surface area contributed by atoms with Crippen LogP contribution in [0.25, 0.3) is 5.69 Å². The first-order valence-electron chi connectivity index (χ1n) is 11.5. The number of methoxy groups -OCH3 is 1. The van der Waals surface area contributed by atoms with Crippen LogP contribution in [0.2, 0.25) is 0 Å². The highest BCUT2D eigenvalue weighted by Crippen LogP contribution is 2.29. The molecule has 4 aromatic rings. The quantitative estimate of drug-likeness (QED) is 0.371. The van der Waals surface area contributed by atoms with Gasteiger partial charge in [0.1, 0.15) is 5.75 Å². The highest BCUT2D eigenvalue weighted by Gasteiger charge is 2.26. The lowest BCUT2D eigenvalue weighted by molar-refractivity contribution is 0.0526. The predicted molar refractivity (Wildman–Crippen MR) is 137 cm³/mol. The number of carbonyl (C=O) groups excluding carboxylic acids is 1.